The van der Waals surface area contributed by atoms with Gasteiger partial charge in [0.2, 0.25) is 0 Å². The third-order valence-corrected chi connectivity index (χ3v) is 4.52. The lowest BCUT2D eigenvalue weighted by Gasteiger charge is -2.39. The van der Waals surface area contributed by atoms with E-state index >= 15 is 0 Å². The number of rotatable bonds is 4. The maximum Gasteiger partial charge on any atom is 0.147 e. The molecule has 2 heterocycles. The zero-order valence-corrected chi connectivity index (χ0v) is 13.7. The second-order valence-electron chi connectivity index (χ2n) is 6.24. The minimum absolute atomic E-state index is 0.469. The molecule has 2 unspecified atom stereocenters. The third-order valence-electron chi connectivity index (χ3n) is 4.24. The van der Waals surface area contributed by atoms with Gasteiger partial charge in [-0.1, -0.05) is 32.4 Å². The predicted molar refractivity (Wildman–Crippen MR) is 86.4 cm³/mol. The summed E-state index contributed by atoms with van der Waals surface area (Å²) >= 11 is 6.46. The highest BCUT2D eigenvalue weighted by Crippen LogP contribution is 2.32. The predicted octanol–water partition coefficient (Wildman–Crippen LogP) is 3.86. The molecule has 0 radical (unpaired) electrons. The number of piperidine rings is 1. The standard InChI is InChI=1S/C16H26ClN3/c1-11(2)18-9-14-8-15(17)16(19-10-14)20-7-5-6-12(3)13(20)4/h8,10-13,18H,5-7,9H2,1-4H3. The van der Waals surface area contributed by atoms with Crippen LogP contribution >= 0.6 is 11.6 Å². The van der Waals surface area contributed by atoms with Crippen molar-refractivity contribution in [2.45, 2.75) is 59.2 Å². The summed E-state index contributed by atoms with van der Waals surface area (Å²) in [7, 11) is 0. The molecule has 112 valence electrons. The molecule has 1 aliphatic rings. The average Bonchev–Trinajstić information content (AvgIpc) is 2.40. The molecule has 1 aliphatic heterocycles. The maximum absolute atomic E-state index is 6.46. The first-order valence-corrected chi connectivity index (χ1v) is 8.01. The lowest BCUT2D eigenvalue weighted by atomic mass is 9.92. The van der Waals surface area contributed by atoms with Gasteiger partial charge in [0.15, 0.2) is 0 Å². The van der Waals surface area contributed by atoms with Gasteiger partial charge in [-0.3, -0.25) is 0 Å². The van der Waals surface area contributed by atoms with Crippen LogP contribution in [-0.4, -0.2) is 23.6 Å². The van der Waals surface area contributed by atoms with Crippen LogP contribution in [0, 0.1) is 5.92 Å². The van der Waals surface area contributed by atoms with Gasteiger partial charge in [0, 0.05) is 31.4 Å². The van der Waals surface area contributed by atoms with Crippen molar-refractivity contribution in [1.29, 1.82) is 0 Å². The molecule has 0 aliphatic carbocycles. The Kier molecular flexibility index (Phi) is 5.28. The molecule has 1 aromatic heterocycles. The summed E-state index contributed by atoms with van der Waals surface area (Å²) in [6.07, 6.45) is 4.47. The minimum Gasteiger partial charge on any atom is -0.352 e. The summed E-state index contributed by atoms with van der Waals surface area (Å²) in [6.45, 7) is 10.7. The highest BCUT2D eigenvalue weighted by Gasteiger charge is 2.27. The van der Waals surface area contributed by atoms with Crippen LogP contribution in [-0.2, 0) is 6.54 Å². The van der Waals surface area contributed by atoms with Crippen LogP contribution in [0.1, 0.15) is 46.1 Å². The molecule has 0 amide bonds. The molecule has 0 bridgehead atoms. The fourth-order valence-corrected chi connectivity index (χ4v) is 3.03. The molecule has 1 saturated heterocycles. The normalized spacial score (nSPS) is 23.4. The first kappa shape index (κ1) is 15.6. The van der Waals surface area contributed by atoms with E-state index in [2.05, 4.69) is 42.9 Å². The number of halogens is 1. The molecular formula is C16H26ClN3. The Bertz CT molecular complexity index is 447. The van der Waals surface area contributed by atoms with Gasteiger partial charge < -0.3 is 10.2 Å². The quantitative estimate of drug-likeness (QED) is 0.914. The van der Waals surface area contributed by atoms with Crippen LogP contribution in [0.15, 0.2) is 12.3 Å². The smallest absolute Gasteiger partial charge is 0.147 e. The van der Waals surface area contributed by atoms with Crippen LogP contribution < -0.4 is 10.2 Å². The molecule has 0 aromatic carbocycles. The number of nitrogens with zero attached hydrogens (tertiary/aromatic N) is 2. The highest BCUT2D eigenvalue weighted by molar-refractivity contribution is 6.33. The summed E-state index contributed by atoms with van der Waals surface area (Å²) in [5, 5.41) is 4.16. The average molecular weight is 296 g/mol. The van der Waals surface area contributed by atoms with Crippen molar-refractivity contribution in [3.8, 4) is 0 Å². The summed E-state index contributed by atoms with van der Waals surface area (Å²) in [5.41, 5.74) is 1.14. The number of hydrogen-bond donors (Lipinski definition) is 1. The molecule has 2 atom stereocenters. The second kappa shape index (κ2) is 6.77. The van der Waals surface area contributed by atoms with Crippen molar-refractivity contribution in [2.24, 2.45) is 5.92 Å². The Morgan fingerprint density at radius 3 is 2.85 bits per heavy atom. The molecule has 4 heteroatoms. The molecule has 1 fully saturated rings. The SMILES string of the molecule is CC(C)NCc1cnc(N2CCCC(C)C2C)c(Cl)c1. The monoisotopic (exact) mass is 295 g/mol. The fourth-order valence-electron chi connectivity index (χ4n) is 2.73. The molecule has 3 nitrogen and oxygen atoms in total. The lowest BCUT2D eigenvalue weighted by molar-refractivity contribution is 0.361. The fraction of sp³-hybridized carbons (Fsp3) is 0.688. The molecular weight excluding hydrogens is 270 g/mol. The van der Waals surface area contributed by atoms with Gasteiger partial charge in [-0.05, 0) is 37.3 Å². The van der Waals surface area contributed by atoms with Crippen LogP contribution in [0.25, 0.3) is 0 Å². The molecule has 2 rings (SSSR count). The van der Waals surface area contributed by atoms with Crippen LogP contribution in [0.5, 0.6) is 0 Å². The minimum atomic E-state index is 0.469. The van der Waals surface area contributed by atoms with Crippen LogP contribution in [0.4, 0.5) is 5.82 Å². The zero-order chi connectivity index (χ0) is 14.7. The van der Waals surface area contributed by atoms with E-state index in [0.717, 1.165) is 29.5 Å². The largest absolute Gasteiger partial charge is 0.352 e. The van der Waals surface area contributed by atoms with Crippen molar-refractivity contribution in [1.82, 2.24) is 10.3 Å². The first-order valence-electron chi connectivity index (χ1n) is 7.63. The summed E-state index contributed by atoms with van der Waals surface area (Å²) in [4.78, 5) is 6.98. The Morgan fingerprint density at radius 1 is 1.45 bits per heavy atom. The summed E-state index contributed by atoms with van der Waals surface area (Å²) < 4.78 is 0. The highest BCUT2D eigenvalue weighted by atomic mass is 35.5. The number of aromatic nitrogens is 1. The van der Waals surface area contributed by atoms with Gasteiger partial charge >= 0.3 is 0 Å². The molecule has 20 heavy (non-hydrogen) atoms. The summed E-state index contributed by atoms with van der Waals surface area (Å²) in [6, 6.07) is 3.02. The van der Waals surface area contributed by atoms with E-state index < -0.39 is 0 Å². The van der Waals surface area contributed by atoms with Crippen LogP contribution in [0.2, 0.25) is 5.02 Å². The van der Waals surface area contributed by atoms with E-state index in [1.807, 2.05) is 12.3 Å². The Labute approximate surface area is 127 Å². The lowest BCUT2D eigenvalue weighted by Crippen LogP contribution is -2.43. The van der Waals surface area contributed by atoms with E-state index in [1.165, 1.54) is 12.8 Å². The van der Waals surface area contributed by atoms with Crippen molar-refractivity contribution in [3.63, 3.8) is 0 Å². The van der Waals surface area contributed by atoms with E-state index in [1.54, 1.807) is 0 Å². The van der Waals surface area contributed by atoms with Gasteiger partial charge in [-0.2, -0.15) is 0 Å². The van der Waals surface area contributed by atoms with Gasteiger partial charge in [0.1, 0.15) is 5.82 Å². The van der Waals surface area contributed by atoms with Crippen LogP contribution in [0.3, 0.4) is 0 Å². The van der Waals surface area contributed by atoms with Crippen molar-refractivity contribution in [2.75, 3.05) is 11.4 Å². The van der Waals surface area contributed by atoms with E-state index in [4.69, 9.17) is 11.6 Å². The molecule has 1 aromatic rings. The number of nitrogens with one attached hydrogen (secondary N) is 1. The zero-order valence-electron chi connectivity index (χ0n) is 13.0. The van der Waals surface area contributed by atoms with Gasteiger partial charge in [0.05, 0.1) is 5.02 Å². The third kappa shape index (κ3) is 3.64. The molecule has 1 N–H and O–H groups in total. The summed E-state index contributed by atoms with van der Waals surface area (Å²) in [5.74, 6) is 1.64. The number of anilines is 1. The van der Waals surface area contributed by atoms with Gasteiger partial charge in [-0.25, -0.2) is 4.98 Å². The van der Waals surface area contributed by atoms with E-state index in [0.29, 0.717) is 18.0 Å². The van der Waals surface area contributed by atoms with E-state index in [-0.39, 0.29) is 0 Å². The number of pyridine rings is 1. The van der Waals surface area contributed by atoms with Crippen molar-refractivity contribution >= 4 is 17.4 Å². The maximum atomic E-state index is 6.46. The second-order valence-corrected chi connectivity index (χ2v) is 6.65. The van der Waals surface area contributed by atoms with Crippen molar-refractivity contribution in [3.05, 3.63) is 22.8 Å². The Balaban J connectivity index is 2.12. The van der Waals surface area contributed by atoms with Gasteiger partial charge in [0.25, 0.3) is 0 Å². The molecule has 0 saturated carbocycles. The Morgan fingerprint density at radius 2 is 2.20 bits per heavy atom. The first-order chi connectivity index (χ1) is 9.49. The van der Waals surface area contributed by atoms with E-state index in [9.17, 15) is 0 Å². The van der Waals surface area contributed by atoms with Crippen molar-refractivity contribution < 1.29 is 0 Å². The molecule has 0 spiro atoms. The number of hydrogen-bond acceptors (Lipinski definition) is 3. The Hall–Kier alpha value is -0.800. The topological polar surface area (TPSA) is 28.2 Å². The van der Waals surface area contributed by atoms with Gasteiger partial charge in [-0.15, -0.1) is 0 Å².